The molecule has 1 unspecified atom stereocenters. The molecule has 1 atom stereocenters. The van der Waals surface area contributed by atoms with Crippen molar-refractivity contribution < 1.29 is 0 Å². The van der Waals surface area contributed by atoms with Crippen LogP contribution in [0.25, 0.3) is 0 Å². The molecule has 1 saturated carbocycles. The molecule has 3 heteroatoms. The molecular formula is C15H21N3. The average molecular weight is 243 g/mol. The van der Waals surface area contributed by atoms with Crippen LogP contribution in [0.1, 0.15) is 30.9 Å². The second-order valence-electron chi connectivity index (χ2n) is 5.82. The first-order chi connectivity index (χ1) is 8.61. The van der Waals surface area contributed by atoms with E-state index in [4.69, 9.17) is 5.73 Å². The summed E-state index contributed by atoms with van der Waals surface area (Å²) >= 11 is 0. The molecule has 2 N–H and O–H groups in total. The second-order valence-corrected chi connectivity index (χ2v) is 5.82. The van der Waals surface area contributed by atoms with E-state index >= 15 is 0 Å². The summed E-state index contributed by atoms with van der Waals surface area (Å²) in [6.07, 6.45) is 2.68. The summed E-state index contributed by atoms with van der Waals surface area (Å²) in [5, 5.41) is 0. The standard InChI is InChI=1S/C15H21N3/c1-11-5-3-4-6-13(11)15(2)10-17-14(16)18(15)9-12-7-8-12/h3-6,12H,7-10H2,1-2H3,(H2,16,17). The Bertz CT molecular complexity index is 490. The predicted octanol–water partition coefficient (Wildman–Crippen LogP) is 2.25. The van der Waals surface area contributed by atoms with Gasteiger partial charge < -0.3 is 10.6 Å². The average Bonchev–Trinajstić information content (AvgIpc) is 3.12. The van der Waals surface area contributed by atoms with Gasteiger partial charge in [-0.25, -0.2) is 0 Å². The fourth-order valence-electron chi connectivity index (χ4n) is 2.92. The summed E-state index contributed by atoms with van der Waals surface area (Å²) in [7, 11) is 0. The number of benzene rings is 1. The van der Waals surface area contributed by atoms with Crippen LogP contribution in [0, 0.1) is 12.8 Å². The first kappa shape index (κ1) is 11.6. The summed E-state index contributed by atoms with van der Waals surface area (Å²) in [5.41, 5.74) is 8.72. The summed E-state index contributed by atoms with van der Waals surface area (Å²) in [6.45, 7) is 6.27. The minimum absolute atomic E-state index is 0.0575. The minimum atomic E-state index is -0.0575. The number of nitrogens with zero attached hydrogens (tertiary/aromatic N) is 2. The van der Waals surface area contributed by atoms with Crippen LogP contribution in [0.5, 0.6) is 0 Å². The van der Waals surface area contributed by atoms with Gasteiger partial charge in [-0.2, -0.15) is 0 Å². The highest BCUT2D eigenvalue weighted by molar-refractivity contribution is 5.81. The van der Waals surface area contributed by atoms with Crippen LogP contribution < -0.4 is 5.73 Å². The smallest absolute Gasteiger partial charge is 0.192 e. The second kappa shape index (κ2) is 4.01. The normalized spacial score (nSPS) is 27.4. The Hall–Kier alpha value is -1.51. The maximum Gasteiger partial charge on any atom is 0.192 e. The van der Waals surface area contributed by atoms with Gasteiger partial charge in [0.05, 0.1) is 12.1 Å². The lowest BCUT2D eigenvalue weighted by molar-refractivity contribution is 0.216. The van der Waals surface area contributed by atoms with Crippen molar-refractivity contribution in [1.82, 2.24) is 4.90 Å². The lowest BCUT2D eigenvalue weighted by Gasteiger charge is -2.37. The third kappa shape index (κ3) is 1.78. The third-order valence-corrected chi connectivity index (χ3v) is 4.28. The molecule has 96 valence electrons. The zero-order valence-electron chi connectivity index (χ0n) is 11.2. The van der Waals surface area contributed by atoms with Crippen LogP contribution in [-0.4, -0.2) is 23.9 Å². The van der Waals surface area contributed by atoms with E-state index in [-0.39, 0.29) is 5.54 Å². The van der Waals surface area contributed by atoms with Crippen molar-refractivity contribution in [2.45, 2.75) is 32.2 Å². The first-order valence-electron chi connectivity index (χ1n) is 6.75. The van der Waals surface area contributed by atoms with Crippen LogP contribution in [0.4, 0.5) is 0 Å². The molecular weight excluding hydrogens is 222 g/mol. The topological polar surface area (TPSA) is 41.6 Å². The van der Waals surface area contributed by atoms with Crippen LogP contribution in [0.3, 0.4) is 0 Å². The van der Waals surface area contributed by atoms with Crippen molar-refractivity contribution in [3.63, 3.8) is 0 Å². The Labute approximate surface area is 109 Å². The van der Waals surface area contributed by atoms with Crippen molar-refractivity contribution in [1.29, 1.82) is 0 Å². The number of rotatable bonds is 3. The summed E-state index contributed by atoms with van der Waals surface area (Å²) in [5.74, 6) is 1.54. The van der Waals surface area contributed by atoms with Gasteiger partial charge >= 0.3 is 0 Å². The van der Waals surface area contributed by atoms with Gasteiger partial charge in [-0.05, 0) is 43.7 Å². The van der Waals surface area contributed by atoms with Crippen molar-refractivity contribution >= 4 is 5.96 Å². The highest BCUT2D eigenvalue weighted by atomic mass is 15.4. The van der Waals surface area contributed by atoms with E-state index < -0.39 is 0 Å². The molecule has 3 rings (SSSR count). The molecule has 18 heavy (non-hydrogen) atoms. The maximum absolute atomic E-state index is 6.09. The summed E-state index contributed by atoms with van der Waals surface area (Å²) in [4.78, 5) is 6.80. The lowest BCUT2D eigenvalue weighted by Crippen LogP contribution is -2.48. The minimum Gasteiger partial charge on any atom is -0.370 e. The van der Waals surface area contributed by atoms with Crippen LogP contribution in [-0.2, 0) is 5.54 Å². The van der Waals surface area contributed by atoms with E-state index in [0.29, 0.717) is 5.96 Å². The molecule has 1 aliphatic heterocycles. The lowest BCUT2D eigenvalue weighted by atomic mass is 9.87. The van der Waals surface area contributed by atoms with E-state index in [9.17, 15) is 0 Å². The van der Waals surface area contributed by atoms with Crippen LogP contribution in [0.2, 0.25) is 0 Å². The number of nitrogens with two attached hydrogens (primary N) is 1. The number of hydrogen-bond donors (Lipinski definition) is 1. The molecule has 1 aliphatic carbocycles. The summed E-state index contributed by atoms with van der Waals surface area (Å²) < 4.78 is 0. The largest absolute Gasteiger partial charge is 0.370 e. The molecule has 3 nitrogen and oxygen atoms in total. The zero-order valence-corrected chi connectivity index (χ0v) is 11.2. The maximum atomic E-state index is 6.09. The Morgan fingerprint density at radius 2 is 2.11 bits per heavy atom. The Morgan fingerprint density at radius 1 is 1.39 bits per heavy atom. The molecule has 0 aromatic heterocycles. The highest BCUT2D eigenvalue weighted by Crippen LogP contribution is 2.38. The number of guanidine groups is 1. The first-order valence-corrected chi connectivity index (χ1v) is 6.75. The predicted molar refractivity (Wildman–Crippen MR) is 74.5 cm³/mol. The zero-order chi connectivity index (χ0) is 12.8. The van der Waals surface area contributed by atoms with Gasteiger partial charge in [-0.1, -0.05) is 24.3 Å². The third-order valence-electron chi connectivity index (χ3n) is 4.28. The van der Waals surface area contributed by atoms with E-state index in [1.54, 1.807) is 0 Å². The Balaban J connectivity index is 1.95. The quantitative estimate of drug-likeness (QED) is 0.884. The highest BCUT2D eigenvalue weighted by Gasteiger charge is 2.42. The fraction of sp³-hybridized carbons (Fsp3) is 0.533. The molecule has 0 spiro atoms. The SMILES string of the molecule is Cc1ccccc1C1(C)CN=C(N)N1CC1CC1. The Morgan fingerprint density at radius 3 is 2.78 bits per heavy atom. The van der Waals surface area contributed by atoms with Crippen molar-refractivity contribution in [3.05, 3.63) is 35.4 Å². The summed E-state index contributed by atoms with van der Waals surface area (Å²) in [6, 6.07) is 8.58. The van der Waals surface area contributed by atoms with Crippen molar-refractivity contribution in [2.24, 2.45) is 16.6 Å². The van der Waals surface area contributed by atoms with Gasteiger partial charge in [0.25, 0.3) is 0 Å². The molecule has 1 aromatic rings. The van der Waals surface area contributed by atoms with Gasteiger partial charge in [0.15, 0.2) is 5.96 Å². The molecule has 1 aromatic carbocycles. The van der Waals surface area contributed by atoms with E-state index in [1.165, 1.54) is 24.0 Å². The fourth-order valence-corrected chi connectivity index (χ4v) is 2.92. The van der Waals surface area contributed by atoms with Crippen LogP contribution >= 0.6 is 0 Å². The van der Waals surface area contributed by atoms with E-state index in [0.717, 1.165) is 19.0 Å². The van der Waals surface area contributed by atoms with Crippen molar-refractivity contribution in [2.75, 3.05) is 13.1 Å². The van der Waals surface area contributed by atoms with E-state index in [2.05, 4.69) is 48.0 Å². The molecule has 2 aliphatic rings. The van der Waals surface area contributed by atoms with E-state index in [1.807, 2.05) is 0 Å². The number of hydrogen-bond acceptors (Lipinski definition) is 3. The molecule has 1 heterocycles. The number of aliphatic imine (C=N–C) groups is 1. The molecule has 0 bridgehead atoms. The van der Waals surface area contributed by atoms with Crippen LogP contribution in [0.15, 0.2) is 29.3 Å². The molecule has 0 radical (unpaired) electrons. The Kier molecular flexibility index (Phi) is 2.58. The van der Waals surface area contributed by atoms with Gasteiger partial charge in [-0.15, -0.1) is 0 Å². The van der Waals surface area contributed by atoms with Crippen molar-refractivity contribution in [3.8, 4) is 0 Å². The molecule has 0 amide bonds. The molecule has 0 saturated heterocycles. The van der Waals surface area contributed by atoms with Gasteiger partial charge in [0.2, 0.25) is 0 Å². The molecule has 1 fully saturated rings. The van der Waals surface area contributed by atoms with Gasteiger partial charge in [-0.3, -0.25) is 4.99 Å². The number of aryl methyl sites for hydroxylation is 1. The van der Waals surface area contributed by atoms with Gasteiger partial charge in [0, 0.05) is 6.54 Å². The van der Waals surface area contributed by atoms with Gasteiger partial charge in [0.1, 0.15) is 0 Å². The monoisotopic (exact) mass is 243 g/mol.